The Morgan fingerprint density at radius 3 is 1.36 bits per heavy atom. The minimum atomic E-state index is -0.0469. The highest BCUT2D eigenvalue weighted by atomic mass is 16.5. The predicted molar refractivity (Wildman–Crippen MR) is 160 cm³/mol. The van der Waals surface area contributed by atoms with Crippen LogP contribution >= 0.6 is 0 Å². The molecule has 6 aliphatic carbocycles. The first-order valence-electron chi connectivity index (χ1n) is 16.6. The zero-order valence-corrected chi connectivity index (χ0v) is 26.1. The van der Waals surface area contributed by atoms with Crippen LogP contribution in [0.3, 0.4) is 0 Å². The number of ether oxygens (including phenoxy) is 4. The van der Waals surface area contributed by atoms with Crippen molar-refractivity contribution in [3.63, 3.8) is 0 Å². The molecule has 4 bridgehead atoms. The third-order valence-corrected chi connectivity index (χ3v) is 11.8. The van der Waals surface area contributed by atoms with Crippen LogP contribution in [0.25, 0.3) is 0 Å². The first-order chi connectivity index (χ1) is 20.2. The second-order valence-corrected chi connectivity index (χ2v) is 14.3. The maximum absolute atomic E-state index is 12.5. The zero-order chi connectivity index (χ0) is 30.0. The number of methoxy groups -OCH3 is 2. The summed E-state index contributed by atoms with van der Waals surface area (Å²) < 4.78 is 22.2. The number of fused-ring (bicyclic) bond motifs is 4. The van der Waals surface area contributed by atoms with Gasteiger partial charge >= 0.3 is 11.9 Å². The van der Waals surface area contributed by atoms with Crippen molar-refractivity contribution in [1.82, 2.24) is 0 Å². The van der Waals surface area contributed by atoms with Crippen LogP contribution in [-0.2, 0) is 38.1 Å². The Bertz CT molecular complexity index is 990. The summed E-state index contributed by atoms with van der Waals surface area (Å²) in [5.74, 6) is 2.43. The van der Waals surface area contributed by atoms with Gasteiger partial charge in [-0.2, -0.15) is 0 Å². The van der Waals surface area contributed by atoms with E-state index in [0.29, 0.717) is 35.7 Å². The van der Waals surface area contributed by atoms with Gasteiger partial charge in [0.1, 0.15) is 23.8 Å². The lowest BCUT2D eigenvalue weighted by molar-refractivity contribution is -0.160. The summed E-state index contributed by atoms with van der Waals surface area (Å²) in [6.45, 7) is 3.35. The molecule has 42 heavy (non-hydrogen) atoms. The van der Waals surface area contributed by atoms with E-state index in [1.165, 1.54) is 0 Å². The summed E-state index contributed by atoms with van der Waals surface area (Å²) in [4.78, 5) is 48.1. The summed E-state index contributed by atoms with van der Waals surface area (Å²) in [5.41, 5.74) is 0. The van der Waals surface area contributed by atoms with Crippen LogP contribution in [0.2, 0.25) is 0 Å². The second kappa shape index (κ2) is 13.9. The third kappa shape index (κ3) is 7.11. The fraction of sp³-hybridized carbons (Fsp3) is 0.882. The Hall–Kier alpha value is -1.80. The van der Waals surface area contributed by atoms with Gasteiger partial charge in [0, 0.05) is 28.9 Å². The average Bonchev–Trinajstić information content (AvgIpc) is 3.79. The minimum Gasteiger partial charge on any atom is -0.462 e. The maximum Gasteiger partial charge on any atom is 0.309 e. The highest BCUT2D eigenvalue weighted by molar-refractivity contribution is 5.82. The van der Waals surface area contributed by atoms with Crippen molar-refractivity contribution in [2.75, 3.05) is 14.2 Å². The Labute approximate surface area is 254 Å². The Morgan fingerprint density at radius 1 is 0.500 bits per heavy atom. The summed E-state index contributed by atoms with van der Waals surface area (Å²) in [5, 5.41) is 0. The Balaban J connectivity index is 0.000000230. The number of carbonyl (C=O) groups excluding carboxylic acids is 4. The molecule has 0 amide bonds. The van der Waals surface area contributed by atoms with Gasteiger partial charge in [-0.15, -0.1) is 0 Å². The lowest BCUT2D eigenvalue weighted by Crippen LogP contribution is -2.35. The molecule has 6 saturated carbocycles. The SMILES string of the molecule is COC1CCC(OC(=O)C2CC3CC(C(C)=O)C2C3)CC1.COC1CCC(OC(=O)C2CC3CC2CC3C(C)=O)CC1.[HH].[HH]. The number of ketones is 2. The molecule has 8 unspecified atom stereocenters. The minimum absolute atomic E-state index is 0. The molecule has 0 aliphatic heterocycles. The summed E-state index contributed by atoms with van der Waals surface area (Å²) in [6.07, 6.45) is 14.1. The van der Waals surface area contributed by atoms with E-state index in [1.54, 1.807) is 28.1 Å². The number of hydrogen-bond acceptors (Lipinski definition) is 8. The highest BCUT2D eigenvalue weighted by Crippen LogP contribution is 2.53. The quantitative estimate of drug-likeness (QED) is 0.318. The molecule has 8 atom stereocenters. The first-order valence-corrected chi connectivity index (χ1v) is 16.6. The molecule has 0 radical (unpaired) electrons. The van der Waals surface area contributed by atoms with Crippen molar-refractivity contribution >= 4 is 23.5 Å². The van der Waals surface area contributed by atoms with Crippen molar-refractivity contribution in [3.05, 3.63) is 0 Å². The van der Waals surface area contributed by atoms with Crippen LogP contribution in [0.4, 0.5) is 0 Å². The molecule has 0 aromatic heterocycles. The van der Waals surface area contributed by atoms with Gasteiger partial charge in [-0.05, 0) is 127 Å². The normalized spacial score (nSPS) is 42.0. The molecule has 240 valence electrons. The van der Waals surface area contributed by atoms with E-state index in [4.69, 9.17) is 18.9 Å². The van der Waals surface area contributed by atoms with Gasteiger partial charge in [0.2, 0.25) is 0 Å². The van der Waals surface area contributed by atoms with Crippen molar-refractivity contribution in [2.45, 2.75) is 128 Å². The molecule has 0 saturated heterocycles. The van der Waals surface area contributed by atoms with Crippen molar-refractivity contribution in [1.29, 1.82) is 0 Å². The predicted octanol–water partition coefficient (Wildman–Crippen LogP) is 5.97. The van der Waals surface area contributed by atoms with Gasteiger partial charge in [0.05, 0.1) is 24.0 Å². The van der Waals surface area contributed by atoms with Crippen LogP contribution in [-0.4, -0.2) is 62.1 Å². The Morgan fingerprint density at radius 2 is 0.929 bits per heavy atom. The van der Waals surface area contributed by atoms with Gasteiger partial charge in [0.25, 0.3) is 0 Å². The molecule has 6 aliphatic rings. The average molecular weight is 593 g/mol. The van der Waals surface area contributed by atoms with Crippen molar-refractivity contribution in [2.24, 2.45) is 47.3 Å². The fourth-order valence-corrected chi connectivity index (χ4v) is 9.43. The smallest absolute Gasteiger partial charge is 0.309 e. The molecule has 0 heterocycles. The van der Waals surface area contributed by atoms with Gasteiger partial charge in [-0.25, -0.2) is 0 Å². The van der Waals surface area contributed by atoms with Gasteiger partial charge in [-0.1, -0.05) is 0 Å². The molecular formula is C34H56O8. The molecular weight excluding hydrogens is 536 g/mol. The highest BCUT2D eigenvalue weighted by Gasteiger charge is 2.52. The molecule has 0 spiro atoms. The molecule has 8 nitrogen and oxygen atoms in total. The van der Waals surface area contributed by atoms with E-state index < -0.39 is 0 Å². The van der Waals surface area contributed by atoms with E-state index in [-0.39, 0.29) is 62.4 Å². The molecule has 8 heteroatoms. The van der Waals surface area contributed by atoms with Gasteiger partial charge in [-0.3, -0.25) is 19.2 Å². The van der Waals surface area contributed by atoms with Gasteiger partial charge < -0.3 is 18.9 Å². The number of Topliss-reactive ketones (excluding diaryl/α,β-unsaturated/α-hetero) is 2. The third-order valence-electron chi connectivity index (χ3n) is 11.8. The van der Waals surface area contributed by atoms with E-state index in [2.05, 4.69) is 0 Å². The first kappa shape index (κ1) is 31.6. The van der Waals surface area contributed by atoms with E-state index in [9.17, 15) is 19.2 Å². The largest absolute Gasteiger partial charge is 0.462 e. The standard InChI is InChI=1S/2C17H26O4.2H2/c1-10(18)15-8-12-7-11(15)9-16(12)17(19)21-14-5-3-13(20-2)4-6-14;1-10(18)14-7-11-8-15(14)16(9-11)17(19)21-13-5-3-12(20-2)4-6-13;;/h2*11-16H,3-9H2,1-2H3;2*1H. The molecule has 0 aromatic rings. The van der Waals surface area contributed by atoms with Crippen LogP contribution < -0.4 is 0 Å². The van der Waals surface area contributed by atoms with Crippen molar-refractivity contribution < 1.29 is 41.0 Å². The topological polar surface area (TPSA) is 105 Å². The van der Waals surface area contributed by atoms with Crippen LogP contribution in [0, 0.1) is 47.3 Å². The fourth-order valence-electron chi connectivity index (χ4n) is 9.43. The lowest BCUT2D eigenvalue weighted by atomic mass is 9.79. The van der Waals surface area contributed by atoms with Gasteiger partial charge in [0.15, 0.2) is 0 Å². The van der Waals surface area contributed by atoms with Crippen LogP contribution in [0.15, 0.2) is 0 Å². The lowest BCUT2D eigenvalue weighted by Gasteiger charge is -2.31. The number of esters is 2. The molecule has 6 fully saturated rings. The van der Waals surface area contributed by atoms with E-state index in [0.717, 1.165) is 89.9 Å². The monoisotopic (exact) mass is 592 g/mol. The summed E-state index contributed by atoms with van der Waals surface area (Å²) in [6, 6.07) is 0. The number of hydrogen-bond donors (Lipinski definition) is 0. The Kier molecular flexibility index (Phi) is 10.4. The zero-order valence-electron chi connectivity index (χ0n) is 26.1. The number of rotatable bonds is 8. The number of carbonyl (C=O) groups is 4. The van der Waals surface area contributed by atoms with Crippen molar-refractivity contribution in [3.8, 4) is 0 Å². The molecule has 0 N–H and O–H groups in total. The van der Waals surface area contributed by atoms with Crippen LogP contribution in [0.1, 0.15) is 107 Å². The maximum atomic E-state index is 12.5. The van der Waals surface area contributed by atoms with E-state index in [1.807, 2.05) is 0 Å². The summed E-state index contributed by atoms with van der Waals surface area (Å²) >= 11 is 0. The molecule has 6 rings (SSSR count). The van der Waals surface area contributed by atoms with Crippen LogP contribution in [0.5, 0.6) is 0 Å². The summed E-state index contributed by atoms with van der Waals surface area (Å²) in [7, 11) is 3.49. The molecule has 0 aromatic carbocycles. The van der Waals surface area contributed by atoms with E-state index >= 15 is 0 Å². The second-order valence-electron chi connectivity index (χ2n) is 14.3.